The van der Waals surface area contributed by atoms with Gasteiger partial charge in [-0.15, -0.1) is 0 Å². The number of hydrogen-bond donors (Lipinski definition) is 0. The molecule has 0 N–H and O–H groups in total. The summed E-state index contributed by atoms with van der Waals surface area (Å²) in [5.74, 6) is -1.54. The van der Waals surface area contributed by atoms with Gasteiger partial charge in [0, 0.05) is 35.6 Å². The number of unbranched alkanes of at least 4 members (excludes halogenated alkanes) is 5. The van der Waals surface area contributed by atoms with Crippen molar-refractivity contribution in [1.29, 1.82) is 0 Å². The van der Waals surface area contributed by atoms with E-state index in [9.17, 15) is 23.6 Å². The third kappa shape index (κ3) is 17.7. The monoisotopic (exact) mass is 1090 g/mol. The molecule has 0 aliphatic carbocycles. The van der Waals surface area contributed by atoms with Gasteiger partial charge in [0.25, 0.3) is 0 Å². The number of rotatable bonds is 31. The summed E-state index contributed by atoms with van der Waals surface area (Å²) < 4.78 is 53.7. The van der Waals surface area contributed by atoms with Crippen molar-refractivity contribution in [2.75, 3.05) is 44.6 Å². The maximum absolute atomic E-state index is 13.9. The molecule has 0 spiro atoms. The average molecular weight is 1090 g/mol. The maximum Gasteiger partial charge on any atom is 0.366 e. The van der Waals surface area contributed by atoms with E-state index in [0.717, 1.165) is 69.4 Å². The van der Waals surface area contributed by atoms with Crippen molar-refractivity contribution in [3.05, 3.63) is 181 Å². The van der Waals surface area contributed by atoms with E-state index >= 15 is 0 Å². The van der Waals surface area contributed by atoms with Gasteiger partial charge < -0.3 is 33.2 Å². The third-order valence-corrected chi connectivity index (χ3v) is 13.3. The van der Waals surface area contributed by atoms with Crippen LogP contribution in [-0.2, 0) is 35.2 Å². The summed E-state index contributed by atoms with van der Waals surface area (Å²) in [6.45, 7) is 15.7. The highest BCUT2D eigenvalue weighted by molar-refractivity contribution is 7.22. The summed E-state index contributed by atoms with van der Waals surface area (Å²) >= 11 is 1.50. The summed E-state index contributed by atoms with van der Waals surface area (Å²) in [5, 5.41) is 9.71. The summed E-state index contributed by atoms with van der Waals surface area (Å²) in [6, 6.07) is 40.0. The van der Waals surface area contributed by atoms with Gasteiger partial charge in [-0.05, 0) is 142 Å². The molecule has 14 nitrogen and oxygen atoms in total. The molecule has 0 saturated heterocycles. The number of carbonyl (C=O) groups excluding carboxylic acids is 4. The zero-order valence-electron chi connectivity index (χ0n) is 44.5. The van der Waals surface area contributed by atoms with E-state index in [0.29, 0.717) is 96.8 Å². The lowest BCUT2D eigenvalue weighted by Gasteiger charge is -2.19. The lowest BCUT2D eigenvalue weighted by molar-refractivity contribution is -0.141. The van der Waals surface area contributed by atoms with Crippen molar-refractivity contribution in [2.45, 2.75) is 71.8 Å². The smallest absolute Gasteiger partial charge is 0.366 e. The van der Waals surface area contributed by atoms with Crippen molar-refractivity contribution in [2.24, 2.45) is 5.10 Å². The van der Waals surface area contributed by atoms with Crippen LogP contribution < -0.4 is 24.0 Å². The lowest BCUT2D eigenvalue weighted by atomic mass is 10.0. The van der Waals surface area contributed by atoms with E-state index in [2.05, 4.69) is 31.9 Å². The molecule has 7 aromatic rings. The van der Waals surface area contributed by atoms with Gasteiger partial charge in [-0.1, -0.05) is 97.8 Å². The molecule has 0 unspecified atom stereocenters. The molecular formula is C63H64FN3O11S. The molecule has 0 radical (unpaired) electrons. The SMILES string of the molecule is C=CC(=O)OCCCOc1ccc(-c2ccc(COc3ccc(OC(=O)c4ccc(OCCCCCCOC(=O)C(=C)C)cc4)c(/C(C)=N/N(CCCCCOC(=O)C(=C)F)c4nc5c(ccc6ccccc65)s4)c3)cc2)cc1. The van der Waals surface area contributed by atoms with Crippen LogP contribution in [0.1, 0.15) is 86.7 Å². The molecule has 0 amide bonds. The summed E-state index contributed by atoms with van der Waals surface area (Å²) in [6.07, 6.45) is 6.81. The number of thiazole rings is 1. The van der Waals surface area contributed by atoms with Gasteiger partial charge in [0.15, 0.2) is 0 Å². The minimum atomic E-state index is -1.14. The molecule has 0 fully saturated rings. The number of hydrogen-bond acceptors (Lipinski definition) is 15. The van der Waals surface area contributed by atoms with Gasteiger partial charge in [0.05, 0.1) is 54.5 Å². The summed E-state index contributed by atoms with van der Waals surface area (Å²) in [5.41, 5.74) is 5.51. The Labute approximate surface area is 463 Å². The lowest BCUT2D eigenvalue weighted by Crippen LogP contribution is -2.20. The molecular weight excluding hydrogens is 1030 g/mol. The van der Waals surface area contributed by atoms with Crippen LogP contribution in [0.2, 0.25) is 0 Å². The first kappa shape index (κ1) is 58.1. The minimum Gasteiger partial charge on any atom is -0.494 e. The van der Waals surface area contributed by atoms with Crippen molar-refractivity contribution in [1.82, 2.24) is 4.98 Å². The fraction of sp³-hybridized carbons (Fsp3) is 0.270. The van der Waals surface area contributed by atoms with Crippen molar-refractivity contribution >= 4 is 67.0 Å². The standard InChI is InChI=1S/C63H64FN3O11S/c1-6-58(68)74-40-16-39-73-51-28-23-48(24-29-51)47-21-19-46(20-22-47)42-77-53-32-33-56(78-62(71)50-25-30-52(31-26-50)72-36-13-7-8-14-37-75-60(69)43(2)3)55(41-53)45(5)66-67(35-12-9-15-38-76-61(70)44(4)64)63-65-59-54-18-11-10-17-49(54)27-34-57(59)79-63/h6,10-11,17-34,41H,1-2,4,7-9,12-16,35-40,42H2,3,5H3/b66-45+. The van der Waals surface area contributed by atoms with E-state index in [1.807, 2.05) is 84.7 Å². The molecule has 0 aliphatic heterocycles. The van der Waals surface area contributed by atoms with Crippen LogP contribution in [0, 0.1) is 0 Å². The largest absolute Gasteiger partial charge is 0.494 e. The Morgan fingerprint density at radius 1 is 0.646 bits per heavy atom. The number of halogens is 1. The normalized spacial score (nSPS) is 11.2. The minimum absolute atomic E-state index is 0.0442. The number of esters is 4. The Bertz CT molecular complexity index is 3260. The molecule has 6 aromatic carbocycles. The first-order chi connectivity index (χ1) is 38.3. The Hall–Kier alpha value is -8.63. The highest BCUT2D eigenvalue weighted by atomic mass is 32.1. The molecule has 410 valence electrons. The van der Waals surface area contributed by atoms with Gasteiger partial charge in [-0.25, -0.2) is 29.2 Å². The highest BCUT2D eigenvalue weighted by Gasteiger charge is 2.20. The number of carbonyl (C=O) groups is 4. The number of hydrazone groups is 1. The number of fused-ring (bicyclic) bond motifs is 3. The second-order valence-electron chi connectivity index (χ2n) is 18.4. The zero-order valence-corrected chi connectivity index (χ0v) is 45.4. The Kier molecular flexibility index (Phi) is 21.9. The average Bonchev–Trinajstić information content (AvgIpc) is 4.16. The van der Waals surface area contributed by atoms with Crippen molar-refractivity contribution < 1.29 is 56.7 Å². The molecule has 79 heavy (non-hydrogen) atoms. The Morgan fingerprint density at radius 3 is 1.94 bits per heavy atom. The number of anilines is 1. The van der Waals surface area contributed by atoms with Crippen molar-refractivity contribution in [3.63, 3.8) is 0 Å². The predicted molar refractivity (Wildman–Crippen MR) is 307 cm³/mol. The second-order valence-corrected chi connectivity index (χ2v) is 19.4. The van der Waals surface area contributed by atoms with E-state index in [1.165, 1.54) is 11.3 Å². The molecule has 1 aromatic heterocycles. The van der Waals surface area contributed by atoms with E-state index < -0.39 is 23.7 Å². The van der Waals surface area contributed by atoms with Gasteiger partial charge in [-0.2, -0.15) is 9.49 Å². The molecule has 0 aliphatic rings. The number of aromatic nitrogens is 1. The predicted octanol–water partition coefficient (Wildman–Crippen LogP) is 13.9. The van der Waals surface area contributed by atoms with E-state index in [1.54, 1.807) is 49.4 Å². The molecule has 1 heterocycles. The quantitative estimate of drug-likeness (QED) is 0.00769. The molecule has 0 bridgehead atoms. The number of nitrogens with zero attached hydrogens (tertiary/aromatic N) is 3. The maximum atomic E-state index is 13.9. The fourth-order valence-corrected chi connectivity index (χ4v) is 8.96. The van der Waals surface area contributed by atoms with Crippen LogP contribution in [0.5, 0.6) is 23.0 Å². The molecule has 0 atom stereocenters. The van der Waals surface area contributed by atoms with Crippen LogP contribution >= 0.6 is 11.3 Å². The van der Waals surface area contributed by atoms with Crippen LogP contribution in [0.15, 0.2) is 170 Å². The van der Waals surface area contributed by atoms with Crippen LogP contribution in [0.4, 0.5) is 9.52 Å². The van der Waals surface area contributed by atoms with Crippen molar-refractivity contribution in [3.8, 4) is 34.1 Å². The van der Waals surface area contributed by atoms with Crippen LogP contribution in [0.3, 0.4) is 0 Å². The topological polar surface area (TPSA) is 161 Å². The van der Waals surface area contributed by atoms with Gasteiger partial charge >= 0.3 is 23.9 Å². The molecule has 7 rings (SSSR count). The summed E-state index contributed by atoms with van der Waals surface area (Å²) in [4.78, 5) is 53.5. The first-order valence-corrected chi connectivity index (χ1v) is 27.0. The van der Waals surface area contributed by atoms with Gasteiger partial charge in [0.1, 0.15) is 29.6 Å². The van der Waals surface area contributed by atoms with Gasteiger partial charge in [-0.3, -0.25) is 0 Å². The van der Waals surface area contributed by atoms with Gasteiger partial charge in [0.2, 0.25) is 11.0 Å². The third-order valence-electron chi connectivity index (χ3n) is 12.3. The highest BCUT2D eigenvalue weighted by Crippen LogP contribution is 2.35. The summed E-state index contributed by atoms with van der Waals surface area (Å²) in [7, 11) is 0. The molecule has 0 saturated carbocycles. The Morgan fingerprint density at radius 2 is 1.25 bits per heavy atom. The number of benzene rings is 6. The first-order valence-electron chi connectivity index (χ1n) is 26.1. The second kappa shape index (κ2) is 29.8. The molecule has 16 heteroatoms. The van der Waals surface area contributed by atoms with E-state index in [-0.39, 0.29) is 31.5 Å². The van der Waals surface area contributed by atoms with Crippen LogP contribution in [-0.4, -0.2) is 74.2 Å². The fourth-order valence-electron chi connectivity index (χ4n) is 8.00. The van der Waals surface area contributed by atoms with E-state index in [4.69, 9.17) is 43.2 Å². The van der Waals surface area contributed by atoms with Crippen LogP contribution in [0.25, 0.3) is 32.1 Å². The number of ether oxygens (including phenoxy) is 7. The Balaban J connectivity index is 1.07. The zero-order chi connectivity index (χ0) is 55.9.